The van der Waals surface area contributed by atoms with E-state index in [9.17, 15) is 0 Å². The Morgan fingerprint density at radius 3 is 1.77 bits per heavy atom. The molecule has 22 heavy (non-hydrogen) atoms. The Bertz CT molecular complexity index is 189. The molecule has 0 N–H and O–H groups in total. The fraction of sp³-hybridized carbons (Fsp3) is 1.00. The van der Waals surface area contributed by atoms with Crippen LogP contribution in [-0.2, 0) is 8.85 Å². The van der Waals surface area contributed by atoms with Crippen molar-refractivity contribution in [2.75, 3.05) is 13.2 Å². The summed E-state index contributed by atoms with van der Waals surface area (Å²) >= 11 is -0.839. The molecule has 1 saturated heterocycles. The van der Waals surface area contributed by atoms with Crippen LogP contribution in [0.5, 0.6) is 0 Å². The maximum Gasteiger partial charge on any atom is 0.384 e. The van der Waals surface area contributed by atoms with E-state index in [0.29, 0.717) is 0 Å². The van der Waals surface area contributed by atoms with Crippen molar-refractivity contribution in [1.29, 1.82) is 0 Å². The van der Waals surface area contributed by atoms with Gasteiger partial charge in [-0.25, -0.2) is 0 Å². The quantitative estimate of drug-likeness (QED) is 0.360. The van der Waals surface area contributed by atoms with Gasteiger partial charge >= 0.3 is 102 Å². The molecule has 0 amide bonds. The van der Waals surface area contributed by atoms with Crippen LogP contribution in [0.4, 0.5) is 0 Å². The first-order chi connectivity index (χ1) is 10.8. The molecule has 131 valence electrons. The maximum atomic E-state index is 5.40. The van der Waals surface area contributed by atoms with E-state index in [2.05, 4.69) is 20.8 Å². The zero-order valence-electron chi connectivity index (χ0n) is 15.7. The van der Waals surface area contributed by atoms with E-state index in [1.807, 2.05) is 6.92 Å². The SMILES string of the molecule is CCC[CH2][Sn+]([CH2]CCC)[CH2]CCC.CCO[Si]1CCCCO1. The monoisotopic (exact) mass is 436 g/mol. The Hall–Kier alpha value is 0.936. The number of rotatable bonds is 11. The topological polar surface area (TPSA) is 18.5 Å². The van der Waals surface area contributed by atoms with Gasteiger partial charge in [-0.15, -0.1) is 0 Å². The molecule has 1 aliphatic heterocycles. The third kappa shape index (κ3) is 14.5. The summed E-state index contributed by atoms with van der Waals surface area (Å²) in [4.78, 5) is 0. The van der Waals surface area contributed by atoms with Gasteiger partial charge in [0.05, 0.1) is 0 Å². The van der Waals surface area contributed by atoms with Gasteiger partial charge in [-0.1, -0.05) is 0 Å². The molecule has 0 aromatic heterocycles. The van der Waals surface area contributed by atoms with Crippen LogP contribution in [-0.4, -0.2) is 42.3 Å². The van der Waals surface area contributed by atoms with Crippen molar-refractivity contribution in [2.24, 2.45) is 0 Å². The summed E-state index contributed by atoms with van der Waals surface area (Å²) in [5.41, 5.74) is 0. The first-order valence-corrected chi connectivity index (χ1v) is 17.3. The largest absolute Gasteiger partial charge is 0.394 e. The summed E-state index contributed by atoms with van der Waals surface area (Å²) in [5.74, 6) is 0. The van der Waals surface area contributed by atoms with Crippen molar-refractivity contribution in [2.45, 2.75) is 98.4 Å². The molecule has 2 nitrogen and oxygen atoms in total. The Morgan fingerprint density at radius 2 is 1.41 bits per heavy atom. The van der Waals surface area contributed by atoms with Crippen LogP contribution in [0.2, 0.25) is 19.4 Å². The van der Waals surface area contributed by atoms with E-state index < -0.39 is 29.0 Å². The molecule has 0 spiro atoms. The molecular weight excluding hydrogens is 395 g/mol. The third-order valence-corrected chi connectivity index (χ3v) is 15.0. The molecule has 1 fully saturated rings. The normalized spacial score (nSPS) is 15.3. The molecule has 1 radical (unpaired) electrons. The minimum atomic E-state index is -0.839. The van der Waals surface area contributed by atoms with E-state index >= 15 is 0 Å². The van der Waals surface area contributed by atoms with Crippen LogP contribution in [0, 0.1) is 0 Å². The van der Waals surface area contributed by atoms with Gasteiger partial charge in [-0.3, -0.25) is 0 Å². The summed E-state index contributed by atoms with van der Waals surface area (Å²) in [6, 6.07) is 1.18. The molecule has 4 heteroatoms. The second-order valence-corrected chi connectivity index (χ2v) is 16.6. The third-order valence-electron chi connectivity index (χ3n) is 4.00. The fourth-order valence-corrected chi connectivity index (χ4v) is 13.6. The van der Waals surface area contributed by atoms with Crippen LogP contribution in [0.15, 0.2) is 0 Å². The number of unbranched alkanes of at least 4 members (excludes halogenated alkanes) is 3. The summed E-state index contributed by atoms with van der Waals surface area (Å²) in [5, 5.41) is 0. The first-order valence-electron chi connectivity index (χ1n) is 9.73. The molecule has 0 unspecified atom stereocenters. The number of hydrogen-bond acceptors (Lipinski definition) is 2. The van der Waals surface area contributed by atoms with Crippen molar-refractivity contribution < 1.29 is 8.85 Å². The second kappa shape index (κ2) is 18.3. The van der Waals surface area contributed by atoms with Gasteiger partial charge < -0.3 is 8.85 Å². The minimum Gasteiger partial charge on any atom is -0.394 e. The van der Waals surface area contributed by atoms with Gasteiger partial charge in [-0.2, -0.15) is 0 Å². The smallest absolute Gasteiger partial charge is 0.384 e. The van der Waals surface area contributed by atoms with Crippen molar-refractivity contribution in [3.05, 3.63) is 0 Å². The van der Waals surface area contributed by atoms with Crippen molar-refractivity contribution >= 4 is 29.0 Å². The van der Waals surface area contributed by atoms with Gasteiger partial charge in [0.1, 0.15) is 0 Å². The van der Waals surface area contributed by atoms with Crippen LogP contribution >= 0.6 is 0 Å². The standard InChI is InChI=1S/C6H13O2Si.3C4H9.Sn/c1-2-7-9-6-4-3-5-8-9;3*1-3-4-2;/h2-6H2,1H3;3*1,3-4H2,2H3;/q;;;;+1. The average Bonchev–Trinajstić information content (AvgIpc) is 2.56. The van der Waals surface area contributed by atoms with E-state index in [0.717, 1.165) is 13.2 Å². The molecule has 0 aromatic rings. The van der Waals surface area contributed by atoms with Crippen LogP contribution in [0.1, 0.15) is 79.1 Å². The van der Waals surface area contributed by atoms with Crippen LogP contribution in [0.25, 0.3) is 0 Å². The van der Waals surface area contributed by atoms with Crippen molar-refractivity contribution in [1.82, 2.24) is 0 Å². The summed E-state index contributed by atoms with van der Waals surface area (Å²) < 4.78 is 15.8. The maximum absolute atomic E-state index is 5.40. The van der Waals surface area contributed by atoms with Crippen LogP contribution in [0.3, 0.4) is 0 Å². The molecule has 0 aromatic carbocycles. The van der Waals surface area contributed by atoms with E-state index in [4.69, 9.17) is 8.85 Å². The van der Waals surface area contributed by atoms with E-state index in [1.54, 1.807) is 13.3 Å². The van der Waals surface area contributed by atoms with Gasteiger partial charge in [0.2, 0.25) is 0 Å². The fourth-order valence-electron chi connectivity index (χ4n) is 2.56. The Labute approximate surface area is 149 Å². The average molecular weight is 435 g/mol. The second-order valence-electron chi connectivity index (χ2n) is 6.17. The van der Waals surface area contributed by atoms with Gasteiger partial charge in [0.25, 0.3) is 0 Å². The molecule has 1 aliphatic rings. The van der Waals surface area contributed by atoms with Crippen molar-refractivity contribution in [3.63, 3.8) is 0 Å². The Balaban J connectivity index is 0.000000425. The zero-order chi connectivity index (χ0) is 16.5. The molecule has 0 aliphatic carbocycles. The molecule has 1 heterocycles. The minimum absolute atomic E-state index is 0.799. The molecule has 1 rings (SSSR count). The zero-order valence-corrected chi connectivity index (χ0v) is 19.6. The van der Waals surface area contributed by atoms with Gasteiger partial charge in [-0.05, 0) is 25.8 Å². The molecular formula is C18H40O2SiSn+. The van der Waals surface area contributed by atoms with Crippen molar-refractivity contribution in [3.8, 4) is 0 Å². The summed E-state index contributed by atoms with van der Waals surface area (Å²) in [7, 11) is -0.799. The molecule has 0 bridgehead atoms. The molecule has 0 atom stereocenters. The van der Waals surface area contributed by atoms with Crippen LogP contribution < -0.4 is 0 Å². The Morgan fingerprint density at radius 1 is 0.864 bits per heavy atom. The van der Waals surface area contributed by atoms with E-state index in [1.165, 1.54) is 57.4 Å². The van der Waals surface area contributed by atoms with Gasteiger partial charge in [0.15, 0.2) is 0 Å². The predicted molar refractivity (Wildman–Crippen MR) is 102 cm³/mol. The predicted octanol–water partition coefficient (Wildman–Crippen LogP) is 6.20. The number of hydrogen-bond donors (Lipinski definition) is 0. The van der Waals surface area contributed by atoms with Gasteiger partial charge in [0, 0.05) is 13.2 Å². The van der Waals surface area contributed by atoms with E-state index in [-0.39, 0.29) is 0 Å². The summed E-state index contributed by atoms with van der Waals surface area (Å²) in [6.07, 6.45) is 11.4. The summed E-state index contributed by atoms with van der Waals surface area (Å²) in [6.45, 7) is 10.8. The first kappa shape index (κ1) is 22.9. The molecule has 0 saturated carbocycles. The Kier molecular flexibility index (Phi) is 19.1.